The Morgan fingerprint density at radius 3 is 2.63 bits per heavy atom. The lowest BCUT2D eigenvalue weighted by atomic mass is 9.87. The third-order valence-electron chi connectivity index (χ3n) is 3.10. The van der Waals surface area contributed by atoms with Crippen LogP contribution in [-0.4, -0.2) is 22.6 Å². The van der Waals surface area contributed by atoms with E-state index >= 15 is 0 Å². The number of nitrogens with two attached hydrogens (primary N) is 1. The van der Waals surface area contributed by atoms with Crippen molar-refractivity contribution < 1.29 is 4.79 Å². The maximum absolute atomic E-state index is 11.9. The number of carbonyl (C=O) groups excluding carboxylic acids is 1. The maximum atomic E-state index is 11.9. The van der Waals surface area contributed by atoms with E-state index in [1.807, 2.05) is 0 Å². The lowest BCUT2D eigenvalue weighted by Crippen LogP contribution is -2.34. The smallest absolute Gasteiger partial charge is 0.271 e. The molecule has 1 aromatic heterocycles. The Morgan fingerprint density at radius 1 is 1.32 bits per heavy atom. The van der Waals surface area contributed by atoms with Crippen LogP contribution < -0.4 is 11.1 Å². The van der Waals surface area contributed by atoms with Crippen molar-refractivity contribution in [3.8, 4) is 0 Å². The van der Waals surface area contributed by atoms with Gasteiger partial charge in [-0.25, -0.2) is 0 Å². The van der Waals surface area contributed by atoms with E-state index < -0.39 is 0 Å². The van der Waals surface area contributed by atoms with Crippen LogP contribution in [0.4, 0.5) is 5.82 Å². The Labute approximate surface area is 115 Å². The van der Waals surface area contributed by atoms with E-state index in [9.17, 15) is 4.79 Å². The van der Waals surface area contributed by atoms with Gasteiger partial charge in [0, 0.05) is 6.54 Å². The third kappa shape index (κ3) is 5.68. The van der Waals surface area contributed by atoms with Crippen molar-refractivity contribution >= 4 is 11.7 Å². The zero-order chi connectivity index (χ0) is 14.3. The minimum atomic E-state index is -0.198. The van der Waals surface area contributed by atoms with E-state index in [-0.39, 0.29) is 11.3 Å². The summed E-state index contributed by atoms with van der Waals surface area (Å²) in [6, 6.07) is 3.16. The molecule has 106 valence electrons. The quantitative estimate of drug-likeness (QED) is 0.741. The van der Waals surface area contributed by atoms with Gasteiger partial charge < -0.3 is 11.1 Å². The Hall–Kier alpha value is -1.65. The van der Waals surface area contributed by atoms with Crippen LogP contribution >= 0.6 is 0 Å². The van der Waals surface area contributed by atoms with Crippen LogP contribution in [0.5, 0.6) is 0 Å². The number of hydrogen-bond donors (Lipinski definition) is 2. The number of rotatable bonds is 7. The van der Waals surface area contributed by atoms with Crippen molar-refractivity contribution in [2.45, 2.75) is 46.5 Å². The molecule has 1 aromatic rings. The molecular formula is C14H24N4O. The molecule has 0 atom stereocenters. The molecule has 0 aliphatic rings. The highest BCUT2D eigenvalue weighted by Crippen LogP contribution is 2.22. The number of nitrogen functional groups attached to an aromatic ring is 1. The summed E-state index contributed by atoms with van der Waals surface area (Å²) in [7, 11) is 0. The molecule has 3 N–H and O–H groups in total. The molecule has 0 aromatic carbocycles. The summed E-state index contributed by atoms with van der Waals surface area (Å²) < 4.78 is 0. The van der Waals surface area contributed by atoms with Crippen molar-refractivity contribution in [3.05, 3.63) is 17.8 Å². The fraction of sp³-hybridized carbons (Fsp3) is 0.643. The molecular weight excluding hydrogens is 240 g/mol. The molecule has 0 radical (unpaired) electrons. The average molecular weight is 264 g/mol. The second kappa shape index (κ2) is 7.07. The maximum Gasteiger partial charge on any atom is 0.271 e. The largest absolute Gasteiger partial charge is 0.382 e. The lowest BCUT2D eigenvalue weighted by molar-refractivity contribution is 0.0928. The number of nitrogens with zero attached hydrogens (tertiary/aromatic N) is 2. The zero-order valence-electron chi connectivity index (χ0n) is 12.1. The Morgan fingerprint density at radius 2 is 2.05 bits per heavy atom. The van der Waals surface area contributed by atoms with E-state index in [0.29, 0.717) is 18.1 Å². The van der Waals surface area contributed by atoms with Crippen LogP contribution in [0.2, 0.25) is 0 Å². The summed E-state index contributed by atoms with van der Waals surface area (Å²) in [6.07, 6.45) is 4.75. The molecule has 5 nitrogen and oxygen atoms in total. The van der Waals surface area contributed by atoms with Gasteiger partial charge in [0.2, 0.25) is 0 Å². The lowest BCUT2D eigenvalue weighted by Gasteiger charge is -2.24. The molecule has 0 aliphatic heterocycles. The van der Waals surface area contributed by atoms with Crippen LogP contribution in [0.15, 0.2) is 12.1 Å². The van der Waals surface area contributed by atoms with Crippen molar-refractivity contribution in [1.82, 2.24) is 15.5 Å². The number of hydrogen-bond acceptors (Lipinski definition) is 4. The van der Waals surface area contributed by atoms with Gasteiger partial charge in [-0.15, -0.1) is 10.2 Å². The van der Waals surface area contributed by atoms with Crippen LogP contribution in [0.1, 0.15) is 56.9 Å². The fourth-order valence-electron chi connectivity index (χ4n) is 1.82. The first-order valence-electron chi connectivity index (χ1n) is 6.82. The Kier molecular flexibility index (Phi) is 5.73. The minimum Gasteiger partial charge on any atom is -0.382 e. The number of amides is 1. The van der Waals surface area contributed by atoms with Gasteiger partial charge in [0.25, 0.3) is 5.91 Å². The number of unbranched alkanes of at least 4 members (excludes halogenated alkanes) is 2. The van der Waals surface area contributed by atoms with E-state index in [1.54, 1.807) is 12.1 Å². The third-order valence-corrected chi connectivity index (χ3v) is 3.10. The molecule has 19 heavy (non-hydrogen) atoms. The SMILES string of the molecule is CCCCCC(C)(C)CNC(=O)c1ccc(N)nn1. The van der Waals surface area contributed by atoms with Crippen molar-refractivity contribution in [2.75, 3.05) is 12.3 Å². The average Bonchev–Trinajstić information content (AvgIpc) is 2.37. The fourth-order valence-corrected chi connectivity index (χ4v) is 1.82. The number of aromatic nitrogens is 2. The van der Waals surface area contributed by atoms with Crippen LogP contribution in [0.3, 0.4) is 0 Å². The van der Waals surface area contributed by atoms with Gasteiger partial charge in [-0.1, -0.05) is 40.0 Å². The minimum absolute atomic E-state index is 0.103. The summed E-state index contributed by atoms with van der Waals surface area (Å²) >= 11 is 0. The summed E-state index contributed by atoms with van der Waals surface area (Å²) in [6.45, 7) is 7.16. The topological polar surface area (TPSA) is 80.9 Å². The molecule has 0 spiro atoms. The second-order valence-corrected chi connectivity index (χ2v) is 5.65. The van der Waals surface area contributed by atoms with Crippen LogP contribution in [0, 0.1) is 5.41 Å². The van der Waals surface area contributed by atoms with Gasteiger partial charge in [0.1, 0.15) is 5.82 Å². The second-order valence-electron chi connectivity index (χ2n) is 5.65. The van der Waals surface area contributed by atoms with Gasteiger partial charge in [-0.3, -0.25) is 4.79 Å². The van der Waals surface area contributed by atoms with Crippen molar-refractivity contribution in [1.29, 1.82) is 0 Å². The first kappa shape index (κ1) is 15.4. The summed E-state index contributed by atoms with van der Waals surface area (Å²) in [4.78, 5) is 11.9. The molecule has 1 rings (SSSR count). The van der Waals surface area contributed by atoms with E-state index in [1.165, 1.54) is 19.3 Å². The first-order valence-corrected chi connectivity index (χ1v) is 6.82. The van der Waals surface area contributed by atoms with E-state index in [2.05, 4.69) is 36.3 Å². The molecule has 0 bridgehead atoms. The molecule has 1 amide bonds. The highest BCUT2D eigenvalue weighted by atomic mass is 16.1. The van der Waals surface area contributed by atoms with E-state index in [4.69, 9.17) is 5.73 Å². The monoisotopic (exact) mass is 264 g/mol. The highest BCUT2D eigenvalue weighted by molar-refractivity contribution is 5.92. The Balaban J connectivity index is 2.42. The summed E-state index contributed by atoms with van der Waals surface area (Å²) in [5.41, 5.74) is 5.84. The number of nitrogens with one attached hydrogen (secondary N) is 1. The van der Waals surface area contributed by atoms with Gasteiger partial charge in [0.15, 0.2) is 5.69 Å². The van der Waals surface area contributed by atoms with Crippen molar-refractivity contribution in [2.24, 2.45) is 5.41 Å². The van der Waals surface area contributed by atoms with Gasteiger partial charge in [0.05, 0.1) is 0 Å². The predicted molar refractivity (Wildman–Crippen MR) is 76.7 cm³/mol. The summed E-state index contributed by atoms with van der Waals surface area (Å²) in [5, 5.41) is 10.3. The van der Waals surface area contributed by atoms with E-state index in [0.717, 1.165) is 6.42 Å². The molecule has 0 unspecified atom stereocenters. The zero-order valence-corrected chi connectivity index (χ0v) is 12.1. The molecule has 1 heterocycles. The van der Waals surface area contributed by atoms with Crippen LogP contribution in [-0.2, 0) is 0 Å². The number of carbonyl (C=O) groups is 1. The van der Waals surface area contributed by atoms with Gasteiger partial charge >= 0.3 is 0 Å². The summed E-state index contributed by atoms with van der Waals surface area (Å²) in [5.74, 6) is 0.118. The molecule has 5 heteroatoms. The number of anilines is 1. The standard InChI is InChI=1S/C14H24N4O/c1-4-5-6-9-14(2,3)10-16-13(19)11-7-8-12(15)18-17-11/h7-8H,4-6,9-10H2,1-3H3,(H2,15,18)(H,16,19). The van der Waals surface area contributed by atoms with Gasteiger partial charge in [-0.2, -0.15) is 0 Å². The van der Waals surface area contributed by atoms with Gasteiger partial charge in [-0.05, 0) is 24.0 Å². The highest BCUT2D eigenvalue weighted by Gasteiger charge is 2.19. The molecule has 0 saturated carbocycles. The predicted octanol–water partition coefficient (Wildman–Crippen LogP) is 2.40. The molecule has 0 fully saturated rings. The molecule has 0 aliphatic carbocycles. The van der Waals surface area contributed by atoms with Crippen molar-refractivity contribution in [3.63, 3.8) is 0 Å². The molecule has 0 saturated heterocycles. The van der Waals surface area contributed by atoms with Crippen LogP contribution in [0.25, 0.3) is 0 Å². The normalized spacial score (nSPS) is 11.3. The Bertz CT molecular complexity index is 400. The first-order chi connectivity index (χ1) is 8.94.